The van der Waals surface area contributed by atoms with Crippen molar-refractivity contribution in [1.82, 2.24) is 9.97 Å². The predicted molar refractivity (Wildman–Crippen MR) is 65.8 cm³/mol. The van der Waals surface area contributed by atoms with Gasteiger partial charge in [0.25, 0.3) is 0 Å². The number of aromatic nitrogens is 2. The molecule has 1 aromatic heterocycles. The van der Waals surface area contributed by atoms with E-state index in [4.69, 9.17) is 11.6 Å². The Morgan fingerprint density at radius 3 is 2.42 bits per heavy atom. The molecular formula is C12H9ClF3N3. The van der Waals surface area contributed by atoms with Gasteiger partial charge in [-0.3, -0.25) is 0 Å². The predicted octanol–water partition coefficient (Wildman–Crippen LogP) is 3.76. The number of benzene rings is 1. The lowest BCUT2D eigenvalue weighted by atomic mass is 10.1. The van der Waals surface area contributed by atoms with Gasteiger partial charge in [-0.05, 0) is 18.2 Å². The minimum atomic E-state index is -4.47. The average molecular weight is 288 g/mol. The van der Waals surface area contributed by atoms with Gasteiger partial charge in [0.2, 0.25) is 0 Å². The molecule has 0 aliphatic carbocycles. The topological polar surface area (TPSA) is 37.8 Å². The van der Waals surface area contributed by atoms with E-state index in [2.05, 4.69) is 15.3 Å². The summed E-state index contributed by atoms with van der Waals surface area (Å²) in [6.07, 6.45) is -1.44. The number of halogens is 4. The number of alkyl halides is 3. The van der Waals surface area contributed by atoms with Crippen molar-refractivity contribution in [3.8, 4) is 0 Å². The molecule has 0 spiro atoms. The Morgan fingerprint density at radius 1 is 1.11 bits per heavy atom. The second-order valence-corrected chi connectivity index (χ2v) is 4.09. The Bertz CT molecular complexity index is 558. The molecule has 3 nitrogen and oxygen atoms in total. The summed E-state index contributed by atoms with van der Waals surface area (Å²) in [4.78, 5) is 7.83. The molecule has 0 aliphatic heterocycles. The lowest BCUT2D eigenvalue weighted by Crippen LogP contribution is -2.12. The van der Waals surface area contributed by atoms with Crippen molar-refractivity contribution in [3.05, 3.63) is 53.1 Å². The summed E-state index contributed by atoms with van der Waals surface area (Å²) < 4.78 is 38.5. The van der Waals surface area contributed by atoms with Crippen LogP contribution < -0.4 is 5.32 Å². The third-order valence-corrected chi connectivity index (χ3v) is 2.68. The van der Waals surface area contributed by atoms with Crippen LogP contribution in [-0.2, 0) is 12.7 Å². The highest BCUT2D eigenvalue weighted by atomic mass is 35.5. The smallest absolute Gasteiger partial charge is 0.376 e. The third-order valence-electron chi connectivity index (χ3n) is 2.36. The first-order valence-corrected chi connectivity index (χ1v) is 5.72. The number of nitrogens with one attached hydrogen (secondary N) is 1. The van der Waals surface area contributed by atoms with Crippen LogP contribution in [0.1, 0.15) is 11.4 Å². The van der Waals surface area contributed by atoms with Crippen molar-refractivity contribution in [2.75, 3.05) is 5.32 Å². The minimum Gasteiger partial charge on any atom is -0.376 e. The second kappa shape index (κ2) is 5.44. The van der Waals surface area contributed by atoms with Crippen LogP contribution in [0.4, 0.5) is 18.9 Å². The van der Waals surface area contributed by atoms with Gasteiger partial charge in [-0.25, -0.2) is 9.97 Å². The SMILES string of the molecule is FC(F)(F)c1cccc(Cl)c1NCc1ncccn1. The average Bonchev–Trinajstić information content (AvgIpc) is 2.37. The molecule has 0 radical (unpaired) electrons. The number of para-hydroxylation sites is 1. The van der Waals surface area contributed by atoms with Gasteiger partial charge in [-0.1, -0.05) is 17.7 Å². The molecule has 0 atom stereocenters. The van der Waals surface area contributed by atoms with E-state index < -0.39 is 11.7 Å². The quantitative estimate of drug-likeness (QED) is 0.934. The number of hydrogen-bond donors (Lipinski definition) is 1. The van der Waals surface area contributed by atoms with Gasteiger partial charge in [0.15, 0.2) is 0 Å². The summed E-state index contributed by atoms with van der Waals surface area (Å²) in [7, 11) is 0. The lowest BCUT2D eigenvalue weighted by Gasteiger charge is -2.15. The summed E-state index contributed by atoms with van der Waals surface area (Å²) in [5, 5.41) is 2.63. The van der Waals surface area contributed by atoms with E-state index in [9.17, 15) is 13.2 Å². The lowest BCUT2D eigenvalue weighted by molar-refractivity contribution is -0.136. The Balaban J connectivity index is 2.25. The van der Waals surface area contributed by atoms with E-state index in [1.54, 1.807) is 6.07 Å². The molecule has 7 heteroatoms. The Morgan fingerprint density at radius 2 is 1.79 bits per heavy atom. The van der Waals surface area contributed by atoms with Crippen LogP contribution in [0.2, 0.25) is 5.02 Å². The summed E-state index contributed by atoms with van der Waals surface area (Å²) in [6.45, 7) is 0.0631. The van der Waals surface area contributed by atoms with Gasteiger partial charge < -0.3 is 5.32 Å². The fraction of sp³-hybridized carbons (Fsp3) is 0.167. The standard InChI is InChI=1S/C12H9ClF3N3/c13-9-4-1-3-8(12(14,15)16)11(9)19-7-10-17-5-2-6-18-10/h1-6,19H,7H2. The van der Waals surface area contributed by atoms with Gasteiger partial charge in [-0.15, -0.1) is 0 Å². The molecule has 100 valence electrons. The summed E-state index contributed by atoms with van der Waals surface area (Å²) in [5.41, 5.74) is -0.972. The summed E-state index contributed by atoms with van der Waals surface area (Å²) in [6, 6.07) is 5.25. The number of rotatable bonds is 3. The molecule has 2 rings (SSSR count). The first kappa shape index (κ1) is 13.6. The van der Waals surface area contributed by atoms with Crippen LogP contribution in [0.3, 0.4) is 0 Å². The fourth-order valence-corrected chi connectivity index (χ4v) is 1.77. The largest absolute Gasteiger partial charge is 0.418 e. The molecule has 0 unspecified atom stereocenters. The van der Waals surface area contributed by atoms with Gasteiger partial charge in [0.1, 0.15) is 5.82 Å². The van der Waals surface area contributed by atoms with Crippen LogP contribution in [0.5, 0.6) is 0 Å². The van der Waals surface area contributed by atoms with E-state index in [0.29, 0.717) is 5.82 Å². The number of nitrogens with zero attached hydrogens (tertiary/aromatic N) is 2. The van der Waals surface area contributed by atoms with Crippen molar-refractivity contribution in [3.63, 3.8) is 0 Å². The van der Waals surface area contributed by atoms with Crippen molar-refractivity contribution in [1.29, 1.82) is 0 Å². The molecule has 0 saturated carbocycles. The summed E-state index contributed by atoms with van der Waals surface area (Å²) in [5.74, 6) is 0.385. The molecular weight excluding hydrogens is 279 g/mol. The van der Waals surface area contributed by atoms with E-state index in [1.165, 1.54) is 24.5 Å². The molecule has 1 heterocycles. The van der Waals surface area contributed by atoms with E-state index in [0.717, 1.165) is 6.07 Å². The highest BCUT2D eigenvalue weighted by molar-refractivity contribution is 6.33. The molecule has 0 fully saturated rings. The van der Waals surface area contributed by atoms with Crippen molar-refractivity contribution < 1.29 is 13.2 Å². The van der Waals surface area contributed by atoms with Gasteiger partial charge >= 0.3 is 6.18 Å². The van der Waals surface area contributed by atoms with Crippen LogP contribution in [-0.4, -0.2) is 9.97 Å². The molecule has 1 aromatic carbocycles. The highest BCUT2D eigenvalue weighted by Gasteiger charge is 2.34. The first-order valence-electron chi connectivity index (χ1n) is 5.34. The van der Waals surface area contributed by atoms with E-state index in [1.807, 2.05) is 0 Å². The normalized spacial score (nSPS) is 11.4. The highest BCUT2D eigenvalue weighted by Crippen LogP contribution is 2.38. The molecule has 0 bridgehead atoms. The van der Waals surface area contributed by atoms with Crippen molar-refractivity contribution in [2.24, 2.45) is 0 Å². The third kappa shape index (κ3) is 3.35. The van der Waals surface area contributed by atoms with Gasteiger partial charge in [-0.2, -0.15) is 13.2 Å². The monoisotopic (exact) mass is 287 g/mol. The molecule has 19 heavy (non-hydrogen) atoms. The van der Waals surface area contributed by atoms with Gasteiger partial charge in [0, 0.05) is 12.4 Å². The maximum atomic E-state index is 12.8. The van der Waals surface area contributed by atoms with Crippen LogP contribution >= 0.6 is 11.6 Å². The summed E-state index contributed by atoms with van der Waals surface area (Å²) >= 11 is 5.80. The first-order chi connectivity index (χ1) is 8.98. The van der Waals surface area contributed by atoms with Crippen LogP contribution in [0, 0.1) is 0 Å². The second-order valence-electron chi connectivity index (χ2n) is 3.68. The zero-order chi connectivity index (χ0) is 13.9. The molecule has 0 amide bonds. The van der Waals surface area contributed by atoms with Crippen LogP contribution in [0.15, 0.2) is 36.7 Å². The van der Waals surface area contributed by atoms with Crippen molar-refractivity contribution >= 4 is 17.3 Å². The molecule has 0 saturated heterocycles. The zero-order valence-corrected chi connectivity index (χ0v) is 10.3. The minimum absolute atomic E-state index is 0.00533. The van der Waals surface area contributed by atoms with Gasteiger partial charge in [0.05, 0.1) is 22.8 Å². The van der Waals surface area contributed by atoms with Crippen molar-refractivity contribution in [2.45, 2.75) is 12.7 Å². The molecule has 2 aromatic rings. The number of hydrogen-bond acceptors (Lipinski definition) is 3. The van der Waals surface area contributed by atoms with E-state index in [-0.39, 0.29) is 17.3 Å². The Labute approximate surface area is 112 Å². The zero-order valence-electron chi connectivity index (χ0n) is 9.58. The fourth-order valence-electron chi connectivity index (χ4n) is 1.53. The maximum absolute atomic E-state index is 12.8. The molecule has 1 N–H and O–H groups in total. The number of anilines is 1. The Kier molecular flexibility index (Phi) is 3.90. The maximum Gasteiger partial charge on any atom is 0.418 e. The van der Waals surface area contributed by atoms with E-state index >= 15 is 0 Å². The van der Waals surface area contributed by atoms with Crippen LogP contribution in [0.25, 0.3) is 0 Å². The Hall–Kier alpha value is -1.82. The molecule has 0 aliphatic rings.